The summed E-state index contributed by atoms with van der Waals surface area (Å²) in [7, 11) is 1.66. The lowest BCUT2D eigenvalue weighted by molar-refractivity contribution is 0.179. The van der Waals surface area contributed by atoms with Crippen LogP contribution >= 0.6 is 11.3 Å². The third kappa shape index (κ3) is 4.28. The van der Waals surface area contributed by atoms with Crippen LogP contribution < -0.4 is 5.73 Å². The molecule has 4 heteroatoms. The van der Waals surface area contributed by atoms with Gasteiger partial charge in [0, 0.05) is 18.9 Å². The van der Waals surface area contributed by atoms with Crippen LogP contribution in [-0.2, 0) is 11.2 Å². The molecule has 0 spiro atoms. The van der Waals surface area contributed by atoms with Crippen LogP contribution in [0.15, 0.2) is 5.38 Å². The van der Waals surface area contributed by atoms with E-state index in [1.165, 1.54) is 0 Å². The zero-order chi connectivity index (χ0) is 11.5. The number of aromatic nitrogens is 1. The molecule has 0 saturated heterocycles. The summed E-state index contributed by atoms with van der Waals surface area (Å²) in [5.74, 6) is 0. The van der Waals surface area contributed by atoms with Gasteiger partial charge in [-0.2, -0.15) is 0 Å². The number of nitrogens with two attached hydrogens (primary N) is 1. The van der Waals surface area contributed by atoms with Crippen LogP contribution in [0, 0.1) is 5.41 Å². The summed E-state index contributed by atoms with van der Waals surface area (Å²) < 4.78 is 5.01. The van der Waals surface area contributed by atoms with Crippen LogP contribution in [0.25, 0.3) is 0 Å². The molecule has 1 aromatic heterocycles. The maximum absolute atomic E-state index is 5.90. The van der Waals surface area contributed by atoms with Gasteiger partial charge in [-0.3, -0.25) is 0 Å². The molecule has 2 N–H and O–H groups in total. The third-order valence-electron chi connectivity index (χ3n) is 1.98. The van der Waals surface area contributed by atoms with Crippen molar-refractivity contribution in [2.45, 2.75) is 33.2 Å². The van der Waals surface area contributed by atoms with E-state index in [1.807, 2.05) is 5.38 Å². The molecule has 1 rings (SSSR count). The minimum atomic E-state index is -0.0973. The highest BCUT2D eigenvalue weighted by Crippen LogP contribution is 2.24. The summed E-state index contributed by atoms with van der Waals surface area (Å²) in [4.78, 5) is 4.53. The fourth-order valence-corrected chi connectivity index (χ4v) is 2.45. The highest BCUT2D eigenvalue weighted by molar-refractivity contribution is 7.09. The van der Waals surface area contributed by atoms with Crippen molar-refractivity contribution in [2.24, 2.45) is 11.1 Å². The summed E-state index contributed by atoms with van der Waals surface area (Å²) in [6, 6.07) is -0.0973. The quantitative estimate of drug-likeness (QED) is 0.860. The highest BCUT2D eigenvalue weighted by atomic mass is 32.1. The van der Waals surface area contributed by atoms with E-state index in [4.69, 9.17) is 10.5 Å². The lowest BCUT2D eigenvalue weighted by Gasteiger charge is -2.15. The number of hydrogen-bond donors (Lipinski definition) is 1. The third-order valence-corrected chi connectivity index (χ3v) is 2.84. The molecule has 0 aromatic carbocycles. The van der Waals surface area contributed by atoms with Crippen LogP contribution in [-0.4, -0.2) is 18.7 Å². The highest BCUT2D eigenvalue weighted by Gasteiger charge is 2.16. The van der Waals surface area contributed by atoms with Gasteiger partial charge >= 0.3 is 0 Å². The number of nitrogens with zero attached hydrogens (tertiary/aromatic N) is 1. The molecule has 1 unspecified atom stereocenters. The molecule has 0 bridgehead atoms. The summed E-state index contributed by atoms with van der Waals surface area (Å²) in [5.41, 5.74) is 7.13. The fourth-order valence-electron chi connectivity index (χ4n) is 1.30. The minimum absolute atomic E-state index is 0.0973. The van der Waals surface area contributed by atoms with E-state index in [0.717, 1.165) is 17.1 Å². The predicted octanol–water partition coefficient (Wildman–Crippen LogP) is 2.38. The van der Waals surface area contributed by atoms with E-state index in [0.29, 0.717) is 6.61 Å². The van der Waals surface area contributed by atoms with E-state index in [9.17, 15) is 0 Å². The second-order valence-electron chi connectivity index (χ2n) is 4.97. The summed E-state index contributed by atoms with van der Waals surface area (Å²) >= 11 is 1.68. The van der Waals surface area contributed by atoms with Crippen molar-refractivity contribution in [3.63, 3.8) is 0 Å². The number of hydrogen-bond acceptors (Lipinski definition) is 4. The predicted molar refractivity (Wildman–Crippen MR) is 64.1 cm³/mol. The molecule has 1 atom stereocenters. The maximum Gasteiger partial charge on any atom is 0.0934 e. The Morgan fingerprint density at radius 2 is 2.20 bits per heavy atom. The molecule has 0 radical (unpaired) electrons. The summed E-state index contributed by atoms with van der Waals surface area (Å²) in [5, 5.41) is 3.19. The molecular weight excluding hydrogens is 208 g/mol. The Morgan fingerprint density at radius 3 is 2.73 bits per heavy atom. The van der Waals surface area contributed by atoms with Gasteiger partial charge in [-0.25, -0.2) is 4.98 Å². The average Bonchev–Trinajstić information content (AvgIpc) is 2.50. The Bertz CT molecular complexity index is 304. The Morgan fingerprint density at radius 1 is 1.53 bits per heavy atom. The lowest BCUT2D eigenvalue weighted by Crippen LogP contribution is -2.17. The molecular formula is C11H20N2OS. The normalized spacial score (nSPS) is 14.2. The largest absolute Gasteiger partial charge is 0.383 e. The topological polar surface area (TPSA) is 48.1 Å². The van der Waals surface area contributed by atoms with Crippen LogP contribution in [0.1, 0.15) is 37.5 Å². The van der Waals surface area contributed by atoms with Gasteiger partial charge in [-0.05, 0) is 5.41 Å². The van der Waals surface area contributed by atoms with Crippen molar-refractivity contribution in [1.82, 2.24) is 4.98 Å². The maximum atomic E-state index is 5.90. The Hall–Kier alpha value is -0.450. The molecule has 1 heterocycles. The molecule has 0 amide bonds. The van der Waals surface area contributed by atoms with Gasteiger partial charge in [0.05, 0.1) is 23.4 Å². The van der Waals surface area contributed by atoms with Gasteiger partial charge in [-0.15, -0.1) is 11.3 Å². The van der Waals surface area contributed by atoms with E-state index < -0.39 is 0 Å². The van der Waals surface area contributed by atoms with Crippen LogP contribution in [0.4, 0.5) is 0 Å². The van der Waals surface area contributed by atoms with Gasteiger partial charge in [0.25, 0.3) is 0 Å². The molecule has 1 aromatic rings. The van der Waals surface area contributed by atoms with Crippen molar-refractivity contribution in [1.29, 1.82) is 0 Å². The Balaban J connectivity index is 2.64. The smallest absolute Gasteiger partial charge is 0.0934 e. The summed E-state index contributed by atoms with van der Waals surface area (Å²) in [6.45, 7) is 7.16. The van der Waals surface area contributed by atoms with Gasteiger partial charge < -0.3 is 10.5 Å². The lowest BCUT2D eigenvalue weighted by atomic mass is 9.93. The van der Waals surface area contributed by atoms with Crippen molar-refractivity contribution in [3.8, 4) is 0 Å². The average molecular weight is 228 g/mol. The molecule has 0 saturated carbocycles. The van der Waals surface area contributed by atoms with E-state index in [-0.39, 0.29) is 11.5 Å². The molecule has 15 heavy (non-hydrogen) atoms. The molecule has 0 fully saturated rings. The first kappa shape index (κ1) is 12.6. The summed E-state index contributed by atoms with van der Waals surface area (Å²) in [6.07, 6.45) is 0.997. The molecule has 3 nitrogen and oxygen atoms in total. The van der Waals surface area contributed by atoms with Crippen molar-refractivity contribution >= 4 is 11.3 Å². The van der Waals surface area contributed by atoms with Gasteiger partial charge in [0.2, 0.25) is 0 Å². The number of thiazole rings is 1. The van der Waals surface area contributed by atoms with E-state index in [2.05, 4.69) is 25.8 Å². The molecule has 0 aliphatic heterocycles. The second kappa shape index (κ2) is 5.05. The van der Waals surface area contributed by atoms with Crippen molar-refractivity contribution < 1.29 is 4.74 Å². The first-order valence-electron chi connectivity index (χ1n) is 5.11. The standard InChI is InChI=1S/C11H20N2OS/c1-11(2,3)5-10-13-9(7-15-10)8(12)6-14-4/h7-8H,5-6,12H2,1-4H3. The first-order chi connectivity index (χ1) is 6.92. The van der Waals surface area contributed by atoms with E-state index >= 15 is 0 Å². The van der Waals surface area contributed by atoms with E-state index in [1.54, 1.807) is 18.4 Å². The van der Waals surface area contributed by atoms with Gasteiger partial charge in [0.1, 0.15) is 0 Å². The minimum Gasteiger partial charge on any atom is -0.383 e. The van der Waals surface area contributed by atoms with Crippen molar-refractivity contribution in [2.75, 3.05) is 13.7 Å². The monoisotopic (exact) mass is 228 g/mol. The number of rotatable bonds is 4. The molecule has 0 aliphatic carbocycles. The van der Waals surface area contributed by atoms with Crippen molar-refractivity contribution in [3.05, 3.63) is 16.1 Å². The van der Waals surface area contributed by atoms with Gasteiger partial charge in [0.15, 0.2) is 0 Å². The zero-order valence-corrected chi connectivity index (χ0v) is 10.7. The van der Waals surface area contributed by atoms with Crippen LogP contribution in [0.2, 0.25) is 0 Å². The fraction of sp³-hybridized carbons (Fsp3) is 0.727. The Labute approximate surface area is 95.7 Å². The SMILES string of the molecule is COCC(N)c1csc(CC(C)(C)C)n1. The van der Waals surface area contributed by atoms with Crippen LogP contribution in [0.3, 0.4) is 0 Å². The Kier molecular flexibility index (Phi) is 4.25. The first-order valence-corrected chi connectivity index (χ1v) is 5.99. The van der Waals surface area contributed by atoms with Gasteiger partial charge in [-0.1, -0.05) is 20.8 Å². The molecule has 0 aliphatic rings. The zero-order valence-electron chi connectivity index (χ0n) is 9.91. The second-order valence-corrected chi connectivity index (χ2v) is 5.91. The van der Waals surface area contributed by atoms with Crippen LogP contribution in [0.5, 0.6) is 0 Å². The number of ether oxygens (including phenoxy) is 1. The number of methoxy groups -OCH3 is 1. The molecule has 86 valence electrons.